The van der Waals surface area contributed by atoms with Crippen LogP contribution in [0.1, 0.15) is 16.7 Å². The summed E-state index contributed by atoms with van der Waals surface area (Å²) in [6.07, 6.45) is 2.20. The van der Waals surface area contributed by atoms with Gasteiger partial charge < -0.3 is 24.9 Å². The lowest BCUT2D eigenvalue weighted by molar-refractivity contribution is -0.139. The van der Waals surface area contributed by atoms with Crippen LogP contribution in [-0.2, 0) is 24.4 Å². The van der Waals surface area contributed by atoms with Crippen molar-refractivity contribution < 1.29 is 23.8 Å². The molecule has 3 N–H and O–H groups in total. The Bertz CT molecular complexity index is 1290. The van der Waals surface area contributed by atoms with Crippen molar-refractivity contribution in [2.24, 2.45) is 0 Å². The highest BCUT2D eigenvalue weighted by molar-refractivity contribution is 9.10. The number of carboxylic acids is 1. The number of carboxylic acid groups (broad SMARTS) is 1. The Labute approximate surface area is 204 Å². The van der Waals surface area contributed by atoms with Crippen molar-refractivity contribution in [2.75, 3.05) is 7.11 Å². The summed E-state index contributed by atoms with van der Waals surface area (Å²) in [6, 6.07) is 16.8. The number of para-hydroxylation sites is 1. The molecule has 0 fully saturated rings. The van der Waals surface area contributed by atoms with Crippen molar-refractivity contribution in [1.29, 1.82) is 0 Å². The fourth-order valence-corrected chi connectivity index (χ4v) is 4.36. The average molecular weight is 527 g/mol. The van der Waals surface area contributed by atoms with E-state index in [-0.39, 0.29) is 12.4 Å². The molecule has 0 bridgehead atoms. The Morgan fingerprint density at radius 3 is 2.65 bits per heavy atom. The van der Waals surface area contributed by atoms with Crippen molar-refractivity contribution in [3.05, 3.63) is 93.8 Å². The number of halogens is 2. The third-order valence-corrected chi connectivity index (χ3v) is 6.12. The topological polar surface area (TPSA) is 83.6 Å². The normalized spacial score (nSPS) is 12.0. The standard InChI is InChI=1S/C26H24BrFN2O4/c1-33-24-11-17(10-21(27)25(24)34-15-16-6-8-19(28)9-7-16)13-29-23(26(31)32)12-18-14-30-22-5-3-2-4-20(18)22/h2-11,14,23,29-30H,12-13,15H2,1H3,(H,31,32). The predicted octanol–water partition coefficient (Wildman–Crippen LogP) is 5.44. The van der Waals surface area contributed by atoms with E-state index in [1.54, 1.807) is 19.2 Å². The smallest absolute Gasteiger partial charge is 0.321 e. The number of fused-ring (bicyclic) bond motifs is 1. The Morgan fingerprint density at radius 1 is 1.15 bits per heavy atom. The molecule has 0 spiro atoms. The van der Waals surface area contributed by atoms with Crippen LogP contribution in [0, 0.1) is 5.82 Å². The molecular formula is C26H24BrFN2O4. The van der Waals surface area contributed by atoms with E-state index in [1.165, 1.54) is 12.1 Å². The number of nitrogens with one attached hydrogen (secondary N) is 2. The number of aliphatic carboxylic acids is 1. The highest BCUT2D eigenvalue weighted by atomic mass is 79.9. The monoisotopic (exact) mass is 526 g/mol. The Kier molecular flexibility index (Phi) is 7.49. The summed E-state index contributed by atoms with van der Waals surface area (Å²) in [4.78, 5) is 15.1. The number of aromatic amines is 1. The maximum absolute atomic E-state index is 13.1. The van der Waals surface area contributed by atoms with Gasteiger partial charge in [0.15, 0.2) is 11.5 Å². The highest BCUT2D eigenvalue weighted by Crippen LogP contribution is 2.37. The first kappa shape index (κ1) is 23.8. The number of carbonyl (C=O) groups is 1. The van der Waals surface area contributed by atoms with Gasteiger partial charge in [0.1, 0.15) is 18.5 Å². The second-order valence-electron chi connectivity index (χ2n) is 7.86. The third-order valence-electron chi connectivity index (χ3n) is 5.54. The molecule has 3 aromatic carbocycles. The minimum Gasteiger partial charge on any atom is -0.493 e. The zero-order valence-electron chi connectivity index (χ0n) is 18.5. The predicted molar refractivity (Wildman–Crippen MR) is 132 cm³/mol. The van der Waals surface area contributed by atoms with E-state index < -0.39 is 12.0 Å². The fraction of sp³-hybridized carbons (Fsp3) is 0.192. The zero-order valence-corrected chi connectivity index (χ0v) is 20.1. The van der Waals surface area contributed by atoms with Crippen molar-refractivity contribution in [2.45, 2.75) is 25.6 Å². The number of aromatic nitrogens is 1. The molecular weight excluding hydrogens is 503 g/mol. The minimum atomic E-state index is -0.921. The molecule has 6 nitrogen and oxygen atoms in total. The molecule has 1 unspecified atom stereocenters. The summed E-state index contributed by atoms with van der Waals surface area (Å²) in [5.74, 6) is -0.194. The molecule has 0 amide bonds. The Morgan fingerprint density at radius 2 is 1.91 bits per heavy atom. The van der Waals surface area contributed by atoms with Gasteiger partial charge in [-0.1, -0.05) is 30.3 Å². The number of hydrogen-bond donors (Lipinski definition) is 3. The molecule has 0 radical (unpaired) electrons. The van der Waals surface area contributed by atoms with Gasteiger partial charge in [0.2, 0.25) is 0 Å². The largest absolute Gasteiger partial charge is 0.493 e. The second kappa shape index (κ2) is 10.7. The van der Waals surface area contributed by atoms with Crippen LogP contribution in [0.3, 0.4) is 0 Å². The molecule has 4 aromatic rings. The maximum Gasteiger partial charge on any atom is 0.321 e. The average Bonchev–Trinajstić information content (AvgIpc) is 3.24. The van der Waals surface area contributed by atoms with Crippen LogP contribution in [0.5, 0.6) is 11.5 Å². The van der Waals surface area contributed by atoms with Crippen LogP contribution >= 0.6 is 15.9 Å². The van der Waals surface area contributed by atoms with E-state index in [0.29, 0.717) is 28.9 Å². The number of rotatable bonds is 10. The number of H-pyrrole nitrogens is 1. The highest BCUT2D eigenvalue weighted by Gasteiger charge is 2.20. The van der Waals surface area contributed by atoms with Gasteiger partial charge >= 0.3 is 5.97 Å². The van der Waals surface area contributed by atoms with Crippen molar-refractivity contribution in [1.82, 2.24) is 10.3 Å². The van der Waals surface area contributed by atoms with E-state index in [1.807, 2.05) is 42.6 Å². The summed E-state index contributed by atoms with van der Waals surface area (Å²) >= 11 is 3.52. The van der Waals surface area contributed by atoms with Crippen molar-refractivity contribution in [3.63, 3.8) is 0 Å². The van der Waals surface area contributed by atoms with Crippen LogP contribution < -0.4 is 14.8 Å². The van der Waals surface area contributed by atoms with Gasteiger partial charge in [-0.05, 0) is 63.0 Å². The van der Waals surface area contributed by atoms with Gasteiger partial charge in [-0.25, -0.2) is 4.39 Å². The van der Waals surface area contributed by atoms with E-state index in [9.17, 15) is 14.3 Å². The lowest BCUT2D eigenvalue weighted by Crippen LogP contribution is -2.38. The van der Waals surface area contributed by atoms with Crippen LogP contribution in [0.2, 0.25) is 0 Å². The molecule has 1 aromatic heterocycles. The lowest BCUT2D eigenvalue weighted by atomic mass is 10.0. The molecule has 34 heavy (non-hydrogen) atoms. The number of methoxy groups -OCH3 is 1. The molecule has 0 aliphatic carbocycles. The SMILES string of the molecule is COc1cc(CNC(Cc2c[nH]c3ccccc23)C(=O)O)cc(Br)c1OCc1ccc(F)cc1. The van der Waals surface area contributed by atoms with Gasteiger partial charge in [-0.15, -0.1) is 0 Å². The van der Waals surface area contributed by atoms with Gasteiger partial charge in [0.25, 0.3) is 0 Å². The van der Waals surface area contributed by atoms with Crippen molar-refractivity contribution in [3.8, 4) is 11.5 Å². The Hall–Kier alpha value is -3.36. The molecule has 0 saturated heterocycles. The molecule has 4 rings (SSSR count). The van der Waals surface area contributed by atoms with Crippen LogP contribution in [0.4, 0.5) is 4.39 Å². The van der Waals surface area contributed by atoms with Crippen LogP contribution in [0.25, 0.3) is 10.9 Å². The Balaban J connectivity index is 1.45. The zero-order chi connectivity index (χ0) is 24.1. The van der Waals surface area contributed by atoms with Gasteiger partial charge in [-0.2, -0.15) is 0 Å². The molecule has 0 aliphatic rings. The molecule has 176 valence electrons. The van der Waals surface area contributed by atoms with E-state index in [2.05, 4.69) is 26.2 Å². The molecule has 0 aliphatic heterocycles. The summed E-state index contributed by atoms with van der Waals surface area (Å²) < 4.78 is 25.2. The van der Waals surface area contributed by atoms with Gasteiger partial charge in [0.05, 0.1) is 11.6 Å². The molecule has 8 heteroatoms. The summed E-state index contributed by atoms with van der Waals surface area (Å²) in [5, 5.41) is 13.9. The van der Waals surface area contributed by atoms with E-state index in [0.717, 1.165) is 27.6 Å². The first-order chi connectivity index (χ1) is 16.4. The summed E-state index contributed by atoms with van der Waals surface area (Å²) in [6.45, 7) is 0.574. The first-order valence-electron chi connectivity index (χ1n) is 10.7. The molecule has 1 heterocycles. The van der Waals surface area contributed by atoms with Crippen molar-refractivity contribution >= 4 is 32.8 Å². The number of ether oxygens (including phenoxy) is 2. The van der Waals surface area contributed by atoms with Gasteiger partial charge in [0, 0.05) is 30.1 Å². The second-order valence-corrected chi connectivity index (χ2v) is 8.71. The third kappa shape index (κ3) is 5.58. The number of benzene rings is 3. The summed E-state index contributed by atoms with van der Waals surface area (Å²) in [5.41, 5.74) is 3.58. The lowest BCUT2D eigenvalue weighted by Gasteiger charge is -2.17. The van der Waals surface area contributed by atoms with E-state index >= 15 is 0 Å². The molecule has 1 atom stereocenters. The summed E-state index contributed by atoms with van der Waals surface area (Å²) in [7, 11) is 1.54. The minimum absolute atomic E-state index is 0.249. The maximum atomic E-state index is 13.1. The quantitative estimate of drug-likeness (QED) is 0.256. The van der Waals surface area contributed by atoms with Crippen LogP contribution in [-0.4, -0.2) is 29.2 Å². The first-order valence-corrected chi connectivity index (χ1v) is 11.5. The van der Waals surface area contributed by atoms with E-state index in [4.69, 9.17) is 9.47 Å². The van der Waals surface area contributed by atoms with Crippen LogP contribution in [0.15, 0.2) is 71.3 Å². The number of hydrogen-bond acceptors (Lipinski definition) is 4. The van der Waals surface area contributed by atoms with Gasteiger partial charge in [-0.3, -0.25) is 4.79 Å². The fourth-order valence-electron chi connectivity index (χ4n) is 3.76. The molecule has 0 saturated carbocycles.